The monoisotopic (exact) mass is 438 g/mol. The highest BCUT2D eigenvalue weighted by molar-refractivity contribution is 5.93. The lowest BCUT2D eigenvalue weighted by Gasteiger charge is -2.37. The smallest absolute Gasteiger partial charge is 0.319 e. The number of benzene rings is 2. The first-order chi connectivity index (χ1) is 15.2. The molecule has 0 fully saturated rings. The number of nitrogens with zero attached hydrogens (tertiary/aromatic N) is 1. The number of amides is 3. The van der Waals surface area contributed by atoms with E-state index in [1.54, 1.807) is 18.2 Å². The van der Waals surface area contributed by atoms with Crippen LogP contribution in [0, 0.1) is 5.41 Å². The van der Waals surface area contributed by atoms with E-state index in [9.17, 15) is 9.59 Å². The topological polar surface area (TPSA) is 82.7 Å². The molecule has 32 heavy (non-hydrogen) atoms. The second-order valence-corrected chi connectivity index (χ2v) is 9.37. The SMILES string of the molecule is COc1cc(NC(=O)N[C@H](CN2CCc3ccccc3C2)C(C)(C)C)ccc1NC(C)=O. The number of rotatable bonds is 6. The molecule has 0 saturated heterocycles. The van der Waals surface area contributed by atoms with Gasteiger partial charge < -0.3 is 20.7 Å². The van der Waals surface area contributed by atoms with Gasteiger partial charge in [0.15, 0.2) is 0 Å². The van der Waals surface area contributed by atoms with Gasteiger partial charge in [-0.05, 0) is 35.1 Å². The van der Waals surface area contributed by atoms with Gasteiger partial charge in [-0.25, -0.2) is 4.79 Å². The van der Waals surface area contributed by atoms with Gasteiger partial charge in [-0.3, -0.25) is 9.69 Å². The van der Waals surface area contributed by atoms with Crippen LogP contribution >= 0.6 is 0 Å². The molecule has 1 heterocycles. The molecular formula is C25H34N4O3. The number of anilines is 2. The summed E-state index contributed by atoms with van der Waals surface area (Å²) in [5, 5.41) is 8.76. The van der Waals surface area contributed by atoms with Crippen LogP contribution in [0.3, 0.4) is 0 Å². The number of methoxy groups -OCH3 is 1. The lowest BCUT2D eigenvalue weighted by Crippen LogP contribution is -2.52. The van der Waals surface area contributed by atoms with E-state index in [0.29, 0.717) is 17.1 Å². The summed E-state index contributed by atoms with van der Waals surface area (Å²) in [6, 6.07) is 13.4. The zero-order chi connectivity index (χ0) is 23.3. The van der Waals surface area contributed by atoms with Gasteiger partial charge in [0.1, 0.15) is 5.75 Å². The maximum atomic E-state index is 12.8. The minimum absolute atomic E-state index is 0.0340. The van der Waals surface area contributed by atoms with E-state index in [2.05, 4.69) is 65.9 Å². The van der Waals surface area contributed by atoms with Crippen LogP contribution < -0.4 is 20.7 Å². The van der Waals surface area contributed by atoms with E-state index in [1.807, 2.05) is 0 Å². The normalized spacial score (nSPS) is 14.8. The van der Waals surface area contributed by atoms with Crippen molar-refractivity contribution in [3.63, 3.8) is 0 Å². The van der Waals surface area contributed by atoms with E-state index >= 15 is 0 Å². The van der Waals surface area contributed by atoms with E-state index in [4.69, 9.17) is 4.74 Å². The average Bonchev–Trinajstić information content (AvgIpc) is 2.73. The van der Waals surface area contributed by atoms with Crippen molar-refractivity contribution in [3.8, 4) is 5.75 Å². The minimum Gasteiger partial charge on any atom is -0.494 e. The summed E-state index contributed by atoms with van der Waals surface area (Å²) in [4.78, 5) is 26.6. The number of urea groups is 1. The number of carbonyl (C=O) groups excluding carboxylic acids is 2. The van der Waals surface area contributed by atoms with Crippen LogP contribution in [0.2, 0.25) is 0 Å². The highest BCUT2D eigenvalue weighted by Gasteiger charge is 2.29. The van der Waals surface area contributed by atoms with Gasteiger partial charge >= 0.3 is 6.03 Å². The molecule has 3 rings (SSSR count). The summed E-state index contributed by atoms with van der Waals surface area (Å²) in [6.45, 7) is 10.5. The van der Waals surface area contributed by atoms with Crippen LogP contribution in [-0.4, -0.2) is 43.1 Å². The van der Waals surface area contributed by atoms with Crippen LogP contribution in [-0.2, 0) is 17.8 Å². The van der Waals surface area contributed by atoms with Gasteiger partial charge in [-0.2, -0.15) is 0 Å². The molecule has 7 heteroatoms. The molecule has 2 aromatic rings. The second kappa shape index (κ2) is 10.0. The van der Waals surface area contributed by atoms with Crippen LogP contribution in [0.25, 0.3) is 0 Å². The number of hydrogen-bond donors (Lipinski definition) is 3. The molecule has 0 aliphatic carbocycles. The predicted molar refractivity (Wildman–Crippen MR) is 128 cm³/mol. The van der Waals surface area contributed by atoms with E-state index in [-0.39, 0.29) is 23.4 Å². The lowest BCUT2D eigenvalue weighted by molar-refractivity contribution is -0.114. The molecule has 1 aliphatic rings. The molecule has 3 amide bonds. The zero-order valence-electron chi connectivity index (χ0n) is 19.6. The highest BCUT2D eigenvalue weighted by Crippen LogP contribution is 2.28. The van der Waals surface area contributed by atoms with Crippen molar-refractivity contribution < 1.29 is 14.3 Å². The Morgan fingerprint density at radius 2 is 1.81 bits per heavy atom. The molecular weight excluding hydrogens is 404 g/mol. The van der Waals surface area contributed by atoms with Gasteiger partial charge in [-0.1, -0.05) is 45.0 Å². The largest absolute Gasteiger partial charge is 0.494 e. The molecule has 3 N–H and O–H groups in total. The molecule has 2 aromatic carbocycles. The molecule has 0 spiro atoms. The number of nitrogens with one attached hydrogen (secondary N) is 3. The maximum absolute atomic E-state index is 12.8. The van der Waals surface area contributed by atoms with Crippen LogP contribution in [0.1, 0.15) is 38.8 Å². The number of carbonyl (C=O) groups is 2. The average molecular weight is 439 g/mol. The van der Waals surface area contributed by atoms with Crippen molar-refractivity contribution in [1.82, 2.24) is 10.2 Å². The maximum Gasteiger partial charge on any atom is 0.319 e. The van der Waals surface area contributed by atoms with Gasteiger partial charge in [0.05, 0.1) is 12.8 Å². The van der Waals surface area contributed by atoms with Crippen molar-refractivity contribution in [2.24, 2.45) is 5.41 Å². The zero-order valence-corrected chi connectivity index (χ0v) is 19.6. The summed E-state index contributed by atoms with van der Waals surface area (Å²) in [7, 11) is 1.52. The number of fused-ring (bicyclic) bond motifs is 1. The van der Waals surface area contributed by atoms with E-state index in [0.717, 1.165) is 26.1 Å². The van der Waals surface area contributed by atoms with Gasteiger partial charge in [0, 0.05) is 44.4 Å². The fraction of sp³-hybridized carbons (Fsp3) is 0.440. The summed E-state index contributed by atoms with van der Waals surface area (Å²) in [5.74, 6) is 0.299. The molecule has 1 atom stereocenters. The Bertz CT molecular complexity index is 968. The quantitative estimate of drug-likeness (QED) is 0.630. The third kappa shape index (κ3) is 6.23. The Balaban J connectivity index is 1.65. The first-order valence-electron chi connectivity index (χ1n) is 11.0. The number of ether oxygens (including phenoxy) is 1. The van der Waals surface area contributed by atoms with Crippen LogP contribution in [0.5, 0.6) is 5.75 Å². The summed E-state index contributed by atoms with van der Waals surface area (Å²) in [6.07, 6.45) is 1.03. The van der Waals surface area contributed by atoms with Crippen molar-refractivity contribution in [2.75, 3.05) is 30.8 Å². The van der Waals surface area contributed by atoms with E-state index in [1.165, 1.54) is 25.2 Å². The van der Waals surface area contributed by atoms with Gasteiger partial charge in [0.25, 0.3) is 0 Å². The molecule has 0 saturated carbocycles. The van der Waals surface area contributed by atoms with Gasteiger partial charge in [-0.15, -0.1) is 0 Å². The minimum atomic E-state index is -0.267. The predicted octanol–water partition coefficient (Wildman–Crippen LogP) is 4.25. The van der Waals surface area contributed by atoms with Crippen molar-refractivity contribution in [3.05, 3.63) is 53.6 Å². The van der Waals surface area contributed by atoms with Crippen molar-refractivity contribution in [1.29, 1.82) is 0 Å². The standard InChI is InChI=1S/C25H34N4O3/c1-17(30)26-21-11-10-20(14-22(21)32-5)27-24(31)28-23(25(2,3)4)16-29-13-12-18-8-6-7-9-19(18)15-29/h6-11,14,23H,12-13,15-16H2,1-5H3,(H,26,30)(H2,27,28,31)/t23-/m1/s1. The summed E-state index contributed by atoms with van der Waals surface area (Å²) >= 11 is 0. The molecule has 1 aliphatic heterocycles. The molecule has 0 aromatic heterocycles. The summed E-state index contributed by atoms with van der Waals surface area (Å²) < 4.78 is 5.34. The third-order valence-electron chi connectivity index (χ3n) is 5.77. The fourth-order valence-electron chi connectivity index (χ4n) is 3.89. The second-order valence-electron chi connectivity index (χ2n) is 9.37. The Labute approximate surface area is 190 Å². The Kier molecular flexibility index (Phi) is 7.40. The Morgan fingerprint density at radius 1 is 1.09 bits per heavy atom. The first kappa shape index (κ1) is 23.6. The molecule has 172 valence electrons. The summed E-state index contributed by atoms with van der Waals surface area (Å²) in [5.41, 5.74) is 3.82. The Morgan fingerprint density at radius 3 is 2.47 bits per heavy atom. The lowest BCUT2D eigenvalue weighted by atomic mass is 9.86. The molecule has 7 nitrogen and oxygen atoms in total. The fourth-order valence-corrected chi connectivity index (χ4v) is 3.89. The highest BCUT2D eigenvalue weighted by atomic mass is 16.5. The van der Waals surface area contributed by atoms with Crippen LogP contribution in [0.15, 0.2) is 42.5 Å². The first-order valence-corrected chi connectivity index (χ1v) is 11.0. The third-order valence-corrected chi connectivity index (χ3v) is 5.77. The van der Waals surface area contributed by atoms with E-state index < -0.39 is 0 Å². The number of hydrogen-bond acceptors (Lipinski definition) is 4. The molecule has 0 radical (unpaired) electrons. The molecule has 0 bridgehead atoms. The van der Waals surface area contributed by atoms with Crippen LogP contribution in [0.4, 0.5) is 16.2 Å². The van der Waals surface area contributed by atoms with Crippen molar-refractivity contribution >= 4 is 23.3 Å². The Hall–Kier alpha value is -3.06. The molecule has 0 unspecified atom stereocenters. The van der Waals surface area contributed by atoms with Gasteiger partial charge in [0.2, 0.25) is 5.91 Å². The van der Waals surface area contributed by atoms with Crippen molar-refractivity contribution in [2.45, 2.75) is 46.7 Å².